The Bertz CT molecular complexity index is 1240. The summed E-state index contributed by atoms with van der Waals surface area (Å²) in [7, 11) is 1.55. The van der Waals surface area contributed by atoms with Crippen molar-refractivity contribution in [2.45, 2.75) is 13.5 Å². The summed E-state index contributed by atoms with van der Waals surface area (Å²) in [6.07, 6.45) is 1.66. The summed E-state index contributed by atoms with van der Waals surface area (Å²) in [4.78, 5) is 26.9. The van der Waals surface area contributed by atoms with Gasteiger partial charge in [-0.1, -0.05) is 41.4 Å². The lowest BCUT2D eigenvalue weighted by Crippen LogP contribution is -2.27. The van der Waals surface area contributed by atoms with Gasteiger partial charge in [0, 0.05) is 5.02 Å². The zero-order valence-electron chi connectivity index (χ0n) is 17.8. The minimum atomic E-state index is -0.387. The standard InChI is InChI=1S/C25H19BrClNO4S/c1-15-3-5-16(6-4-15)14-32-23-20(26)11-17(12-21(23)31-2)13-22-24(29)28(25(30)33-22)19-9-7-18(27)8-10-19/h3-13H,14H2,1-2H3/b22-13+. The summed E-state index contributed by atoms with van der Waals surface area (Å²) in [5, 5.41) is 0.167. The Morgan fingerprint density at radius 2 is 1.76 bits per heavy atom. The summed E-state index contributed by atoms with van der Waals surface area (Å²) in [5.41, 5.74) is 3.39. The lowest BCUT2D eigenvalue weighted by molar-refractivity contribution is -0.113. The predicted molar refractivity (Wildman–Crippen MR) is 136 cm³/mol. The van der Waals surface area contributed by atoms with Gasteiger partial charge in [-0.25, -0.2) is 4.90 Å². The third-order valence-electron chi connectivity index (χ3n) is 4.93. The maximum atomic E-state index is 12.9. The van der Waals surface area contributed by atoms with E-state index in [4.69, 9.17) is 21.1 Å². The molecule has 168 valence electrons. The second-order valence-corrected chi connectivity index (χ2v) is 9.59. The Kier molecular flexibility index (Phi) is 7.12. The van der Waals surface area contributed by atoms with Gasteiger partial charge < -0.3 is 9.47 Å². The molecule has 4 rings (SSSR count). The molecule has 0 bridgehead atoms. The number of hydrogen-bond acceptors (Lipinski definition) is 5. The van der Waals surface area contributed by atoms with Gasteiger partial charge in [0.05, 0.1) is 22.2 Å². The Labute approximate surface area is 209 Å². The van der Waals surface area contributed by atoms with Crippen molar-refractivity contribution in [2.75, 3.05) is 12.0 Å². The first kappa shape index (κ1) is 23.4. The molecule has 0 aliphatic carbocycles. The van der Waals surface area contributed by atoms with Gasteiger partial charge in [0.15, 0.2) is 11.5 Å². The number of benzene rings is 3. The second kappa shape index (κ2) is 10.0. The summed E-state index contributed by atoms with van der Waals surface area (Å²) in [6, 6.07) is 18.2. The first-order chi connectivity index (χ1) is 15.9. The molecule has 8 heteroatoms. The van der Waals surface area contributed by atoms with E-state index in [0.29, 0.717) is 43.8 Å². The first-order valence-electron chi connectivity index (χ1n) is 9.95. The van der Waals surface area contributed by atoms with Gasteiger partial charge in [-0.3, -0.25) is 9.59 Å². The van der Waals surface area contributed by atoms with Crippen LogP contribution in [0.3, 0.4) is 0 Å². The van der Waals surface area contributed by atoms with Gasteiger partial charge in [-0.05, 0) is 88.2 Å². The molecule has 0 atom stereocenters. The Morgan fingerprint density at radius 1 is 1.06 bits per heavy atom. The van der Waals surface area contributed by atoms with Gasteiger partial charge in [-0.15, -0.1) is 0 Å². The van der Waals surface area contributed by atoms with Crippen molar-refractivity contribution in [2.24, 2.45) is 0 Å². The summed E-state index contributed by atoms with van der Waals surface area (Å²) >= 11 is 10.3. The van der Waals surface area contributed by atoms with E-state index in [2.05, 4.69) is 15.9 Å². The largest absolute Gasteiger partial charge is 0.493 e. The van der Waals surface area contributed by atoms with Crippen molar-refractivity contribution in [3.8, 4) is 11.5 Å². The zero-order chi connectivity index (χ0) is 23.5. The Morgan fingerprint density at radius 3 is 2.42 bits per heavy atom. The molecule has 0 spiro atoms. The molecule has 0 radical (unpaired) electrons. The normalized spacial score (nSPS) is 14.8. The van der Waals surface area contributed by atoms with Crippen molar-refractivity contribution in [3.05, 3.63) is 91.8 Å². The van der Waals surface area contributed by atoms with Crippen LogP contribution in [0.15, 0.2) is 70.0 Å². The van der Waals surface area contributed by atoms with Gasteiger partial charge in [-0.2, -0.15) is 0 Å². The molecular formula is C25H19BrClNO4S. The third kappa shape index (κ3) is 5.27. The number of carbonyl (C=O) groups is 2. The lowest BCUT2D eigenvalue weighted by Gasteiger charge is -2.14. The number of ether oxygens (including phenoxy) is 2. The molecule has 1 fully saturated rings. The van der Waals surface area contributed by atoms with Crippen molar-refractivity contribution in [1.29, 1.82) is 0 Å². The van der Waals surface area contributed by atoms with E-state index in [0.717, 1.165) is 22.2 Å². The maximum Gasteiger partial charge on any atom is 0.298 e. The van der Waals surface area contributed by atoms with Crippen LogP contribution >= 0.6 is 39.3 Å². The van der Waals surface area contributed by atoms with Crippen LogP contribution in [-0.4, -0.2) is 18.3 Å². The van der Waals surface area contributed by atoms with Crippen LogP contribution in [0, 0.1) is 6.92 Å². The van der Waals surface area contributed by atoms with E-state index >= 15 is 0 Å². The van der Waals surface area contributed by atoms with Crippen molar-refractivity contribution < 1.29 is 19.1 Å². The molecule has 1 heterocycles. The highest BCUT2D eigenvalue weighted by atomic mass is 79.9. The van der Waals surface area contributed by atoms with Crippen LogP contribution in [-0.2, 0) is 11.4 Å². The van der Waals surface area contributed by atoms with Gasteiger partial charge >= 0.3 is 0 Å². The fourth-order valence-electron chi connectivity index (χ4n) is 3.23. The summed E-state index contributed by atoms with van der Waals surface area (Å²) in [6.45, 7) is 2.42. The summed E-state index contributed by atoms with van der Waals surface area (Å²) < 4.78 is 12.2. The molecule has 0 unspecified atom stereocenters. The van der Waals surface area contributed by atoms with E-state index < -0.39 is 0 Å². The molecule has 3 aromatic carbocycles. The molecule has 1 aliphatic rings. The van der Waals surface area contributed by atoms with Gasteiger partial charge in [0.25, 0.3) is 11.1 Å². The quantitative estimate of drug-likeness (QED) is 0.306. The van der Waals surface area contributed by atoms with Crippen LogP contribution in [0.25, 0.3) is 6.08 Å². The Balaban J connectivity index is 1.57. The molecule has 0 saturated carbocycles. The number of aryl methyl sites for hydroxylation is 1. The first-order valence-corrected chi connectivity index (χ1v) is 11.9. The van der Waals surface area contributed by atoms with E-state index in [1.807, 2.05) is 37.3 Å². The van der Waals surface area contributed by atoms with Crippen molar-refractivity contribution >= 4 is 62.2 Å². The highest BCUT2D eigenvalue weighted by Gasteiger charge is 2.36. The van der Waals surface area contributed by atoms with E-state index in [-0.39, 0.29) is 11.1 Å². The average molecular weight is 545 g/mol. The molecular weight excluding hydrogens is 526 g/mol. The van der Waals surface area contributed by atoms with Crippen LogP contribution in [0.5, 0.6) is 11.5 Å². The number of rotatable bonds is 6. The van der Waals surface area contributed by atoms with Crippen molar-refractivity contribution in [1.82, 2.24) is 0 Å². The van der Waals surface area contributed by atoms with Crippen LogP contribution < -0.4 is 14.4 Å². The van der Waals surface area contributed by atoms with E-state index in [1.165, 1.54) is 5.56 Å². The van der Waals surface area contributed by atoms with Gasteiger partial charge in [0.2, 0.25) is 0 Å². The minimum absolute atomic E-state index is 0.317. The number of anilines is 1. The molecule has 2 amide bonds. The highest BCUT2D eigenvalue weighted by molar-refractivity contribution is 9.10. The van der Waals surface area contributed by atoms with Crippen LogP contribution in [0.1, 0.15) is 16.7 Å². The fraction of sp³-hybridized carbons (Fsp3) is 0.120. The molecule has 5 nitrogen and oxygen atoms in total. The maximum absolute atomic E-state index is 12.9. The fourth-order valence-corrected chi connectivity index (χ4v) is 4.78. The number of halogens is 2. The highest BCUT2D eigenvalue weighted by Crippen LogP contribution is 2.40. The summed E-state index contributed by atoms with van der Waals surface area (Å²) in [5.74, 6) is 0.686. The van der Waals surface area contributed by atoms with Crippen molar-refractivity contribution in [3.63, 3.8) is 0 Å². The second-order valence-electron chi connectivity index (χ2n) is 7.30. The lowest BCUT2D eigenvalue weighted by atomic mass is 10.1. The van der Waals surface area contributed by atoms with E-state index in [1.54, 1.807) is 43.5 Å². The monoisotopic (exact) mass is 543 g/mol. The SMILES string of the molecule is COc1cc(/C=C2/SC(=O)N(c3ccc(Cl)cc3)C2=O)cc(Br)c1OCc1ccc(C)cc1. The number of imide groups is 1. The third-order valence-corrected chi connectivity index (χ3v) is 6.64. The number of hydrogen-bond donors (Lipinski definition) is 0. The Hall–Kier alpha value is -2.74. The number of amides is 2. The number of nitrogens with zero attached hydrogens (tertiary/aromatic N) is 1. The average Bonchev–Trinajstić information content (AvgIpc) is 3.07. The minimum Gasteiger partial charge on any atom is -0.493 e. The van der Waals surface area contributed by atoms with E-state index in [9.17, 15) is 9.59 Å². The molecule has 1 saturated heterocycles. The van der Waals surface area contributed by atoms with Gasteiger partial charge in [0.1, 0.15) is 6.61 Å². The molecule has 1 aliphatic heterocycles. The number of methoxy groups -OCH3 is 1. The molecule has 0 aromatic heterocycles. The zero-order valence-corrected chi connectivity index (χ0v) is 21.0. The number of carbonyl (C=O) groups excluding carboxylic acids is 2. The molecule has 0 N–H and O–H groups in total. The number of thioether (sulfide) groups is 1. The van der Waals surface area contributed by atoms with Crippen LogP contribution in [0.2, 0.25) is 5.02 Å². The topological polar surface area (TPSA) is 55.8 Å². The molecule has 3 aromatic rings. The van der Waals surface area contributed by atoms with Crippen LogP contribution in [0.4, 0.5) is 10.5 Å². The molecule has 33 heavy (non-hydrogen) atoms. The predicted octanol–water partition coefficient (Wildman–Crippen LogP) is 7.24. The smallest absolute Gasteiger partial charge is 0.298 e.